The molecule has 1 aromatic rings. The molecule has 1 aromatic carbocycles. The van der Waals surface area contributed by atoms with Crippen molar-refractivity contribution < 1.29 is 8.42 Å². The Morgan fingerprint density at radius 1 is 1.29 bits per heavy atom. The zero-order valence-corrected chi connectivity index (χ0v) is 12.8. The van der Waals surface area contributed by atoms with Crippen molar-refractivity contribution in [1.82, 2.24) is 0 Å². The molecule has 17 heavy (non-hydrogen) atoms. The molecule has 0 N–H and O–H groups in total. The van der Waals surface area contributed by atoms with Gasteiger partial charge in [0.25, 0.3) is 0 Å². The minimum atomic E-state index is -3.61. The van der Waals surface area contributed by atoms with Gasteiger partial charge in [-0.3, -0.25) is 0 Å². The van der Waals surface area contributed by atoms with E-state index in [-0.39, 0.29) is 4.90 Å². The van der Waals surface area contributed by atoms with E-state index in [2.05, 4.69) is 31.9 Å². The van der Waals surface area contributed by atoms with Gasteiger partial charge >= 0.3 is 0 Å². The van der Waals surface area contributed by atoms with Gasteiger partial charge in [-0.15, -0.1) is 0 Å². The second kappa shape index (κ2) is 4.38. The monoisotopic (exact) mass is 377 g/mol. The molecule has 0 saturated heterocycles. The number of sulfone groups is 1. The Balaban J connectivity index is 2.60. The summed E-state index contributed by atoms with van der Waals surface area (Å²) in [6.07, 6.45) is 1.63. The van der Waals surface area contributed by atoms with Crippen molar-refractivity contribution in [2.75, 3.05) is 0 Å². The highest BCUT2D eigenvalue weighted by atomic mass is 79.9. The zero-order valence-electron chi connectivity index (χ0n) is 8.78. The van der Waals surface area contributed by atoms with E-state index < -0.39 is 14.6 Å². The third kappa shape index (κ3) is 1.94. The van der Waals surface area contributed by atoms with E-state index in [0.717, 1.165) is 6.42 Å². The molecule has 3 nitrogen and oxygen atoms in total. The summed E-state index contributed by atoms with van der Waals surface area (Å²) in [4.78, 5) is 0.188. The van der Waals surface area contributed by atoms with Crippen LogP contribution >= 0.6 is 31.9 Å². The van der Waals surface area contributed by atoms with E-state index in [0.29, 0.717) is 21.8 Å². The molecular formula is C11H9Br2NO2S. The third-order valence-corrected chi connectivity index (χ3v) is 6.95. The lowest BCUT2D eigenvalue weighted by Gasteiger charge is -2.34. The summed E-state index contributed by atoms with van der Waals surface area (Å²) in [5.74, 6) is 0. The average Bonchev–Trinajstić information content (AvgIpc) is 2.20. The van der Waals surface area contributed by atoms with Gasteiger partial charge in [0.1, 0.15) is 0 Å². The molecule has 1 saturated carbocycles. The quantitative estimate of drug-likeness (QED) is 0.791. The van der Waals surface area contributed by atoms with Crippen molar-refractivity contribution in [3.05, 3.63) is 27.1 Å². The highest BCUT2D eigenvalue weighted by Gasteiger charge is 2.50. The summed E-state index contributed by atoms with van der Waals surface area (Å²) < 4.78 is 24.9. The first-order chi connectivity index (χ1) is 7.93. The van der Waals surface area contributed by atoms with Gasteiger partial charge in [0.2, 0.25) is 0 Å². The molecular weight excluding hydrogens is 370 g/mol. The number of rotatable bonds is 2. The van der Waals surface area contributed by atoms with Gasteiger partial charge in [-0.25, -0.2) is 8.42 Å². The molecule has 0 atom stereocenters. The summed E-state index contributed by atoms with van der Waals surface area (Å²) in [6.45, 7) is 0. The van der Waals surface area contributed by atoms with E-state index >= 15 is 0 Å². The Hall–Kier alpha value is -0.380. The molecule has 0 amide bonds. The molecule has 6 heteroatoms. The van der Waals surface area contributed by atoms with Crippen LogP contribution in [0, 0.1) is 11.3 Å². The Kier molecular flexibility index (Phi) is 3.36. The Labute approximate surface area is 117 Å². The van der Waals surface area contributed by atoms with Crippen LogP contribution in [0.3, 0.4) is 0 Å². The maximum Gasteiger partial charge on any atom is 0.198 e. The summed E-state index contributed by atoms with van der Waals surface area (Å²) in [5, 5.41) is 9.14. The van der Waals surface area contributed by atoms with Crippen LogP contribution in [0.1, 0.15) is 19.3 Å². The number of nitrogens with zero attached hydrogens (tertiary/aromatic N) is 1. The minimum absolute atomic E-state index is 0.188. The van der Waals surface area contributed by atoms with Crippen molar-refractivity contribution in [2.45, 2.75) is 28.9 Å². The number of nitriles is 1. The second-order valence-electron chi connectivity index (χ2n) is 4.04. The fraction of sp³-hybridized carbons (Fsp3) is 0.364. The third-order valence-electron chi connectivity index (χ3n) is 3.06. The summed E-state index contributed by atoms with van der Waals surface area (Å²) in [6, 6.07) is 6.94. The minimum Gasteiger partial charge on any atom is -0.222 e. The van der Waals surface area contributed by atoms with Crippen LogP contribution in [0.4, 0.5) is 0 Å². The highest BCUT2D eigenvalue weighted by molar-refractivity contribution is 9.11. The predicted octanol–water partition coefficient (Wildman–Crippen LogP) is 3.43. The van der Waals surface area contributed by atoms with E-state index in [9.17, 15) is 8.42 Å². The van der Waals surface area contributed by atoms with Crippen LogP contribution in [0.2, 0.25) is 0 Å². The molecule has 0 aromatic heterocycles. The van der Waals surface area contributed by atoms with Crippen molar-refractivity contribution in [3.8, 4) is 6.07 Å². The van der Waals surface area contributed by atoms with Crippen LogP contribution in [0.5, 0.6) is 0 Å². The van der Waals surface area contributed by atoms with Crippen molar-refractivity contribution in [3.63, 3.8) is 0 Å². The van der Waals surface area contributed by atoms with E-state index in [1.54, 1.807) is 12.1 Å². The topological polar surface area (TPSA) is 57.9 Å². The molecule has 1 aliphatic carbocycles. The molecule has 0 heterocycles. The molecule has 0 unspecified atom stereocenters. The molecule has 90 valence electrons. The molecule has 1 aliphatic rings. The van der Waals surface area contributed by atoms with Crippen molar-refractivity contribution in [2.24, 2.45) is 0 Å². The second-order valence-corrected chi connectivity index (χ2v) is 8.04. The van der Waals surface area contributed by atoms with Crippen LogP contribution < -0.4 is 0 Å². The van der Waals surface area contributed by atoms with Crippen LogP contribution in [0.15, 0.2) is 32.0 Å². The zero-order chi connectivity index (χ0) is 12.7. The fourth-order valence-corrected chi connectivity index (χ4v) is 5.20. The maximum atomic E-state index is 12.5. The van der Waals surface area contributed by atoms with Crippen LogP contribution in [-0.4, -0.2) is 13.2 Å². The number of halogens is 2. The lowest BCUT2D eigenvalue weighted by Crippen LogP contribution is -2.43. The van der Waals surface area contributed by atoms with Gasteiger partial charge in [-0.05, 0) is 53.4 Å². The first kappa shape index (κ1) is 13.1. The van der Waals surface area contributed by atoms with E-state index in [1.807, 2.05) is 6.07 Å². The number of benzene rings is 1. The van der Waals surface area contributed by atoms with Crippen molar-refractivity contribution >= 4 is 41.7 Å². The van der Waals surface area contributed by atoms with Gasteiger partial charge < -0.3 is 0 Å². The molecule has 0 aliphatic heterocycles. The van der Waals surface area contributed by atoms with Gasteiger partial charge in [0.05, 0.1) is 11.0 Å². The number of hydrogen-bond acceptors (Lipinski definition) is 3. The molecule has 0 spiro atoms. The molecule has 1 fully saturated rings. The summed E-state index contributed by atoms with van der Waals surface area (Å²) in [7, 11) is -3.61. The average molecular weight is 379 g/mol. The molecule has 0 bridgehead atoms. The Morgan fingerprint density at radius 3 is 2.41 bits per heavy atom. The fourth-order valence-electron chi connectivity index (χ4n) is 1.83. The molecule has 2 rings (SSSR count). The van der Waals surface area contributed by atoms with E-state index in [1.165, 1.54) is 6.07 Å². The van der Waals surface area contributed by atoms with E-state index in [4.69, 9.17) is 5.26 Å². The first-order valence-electron chi connectivity index (χ1n) is 5.04. The largest absolute Gasteiger partial charge is 0.222 e. The van der Waals surface area contributed by atoms with Crippen LogP contribution in [0.25, 0.3) is 0 Å². The smallest absolute Gasteiger partial charge is 0.198 e. The summed E-state index contributed by atoms with van der Waals surface area (Å²) in [5.41, 5.74) is 0. The van der Waals surface area contributed by atoms with Gasteiger partial charge in [0.15, 0.2) is 14.6 Å². The standard InChI is InChI=1S/C11H9Br2NO2S/c12-8-2-3-9(13)10(6-8)17(15,16)11(7-14)4-1-5-11/h2-3,6H,1,4-5H2. The Bertz CT molecular complexity index is 600. The lowest BCUT2D eigenvalue weighted by molar-refractivity contribution is 0.406. The lowest BCUT2D eigenvalue weighted by atomic mass is 9.86. The van der Waals surface area contributed by atoms with Gasteiger partial charge in [0, 0.05) is 8.95 Å². The summed E-state index contributed by atoms with van der Waals surface area (Å²) >= 11 is 6.48. The first-order valence-corrected chi connectivity index (χ1v) is 8.11. The molecule has 0 radical (unpaired) electrons. The highest BCUT2D eigenvalue weighted by Crippen LogP contribution is 2.44. The van der Waals surface area contributed by atoms with Crippen molar-refractivity contribution in [1.29, 1.82) is 5.26 Å². The van der Waals surface area contributed by atoms with Gasteiger partial charge in [-0.1, -0.05) is 15.9 Å². The maximum absolute atomic E-state index is 12.5. The SMILES string of the molecule is N#CC1(S(=O)(=O)c2cc(Br)ccc2Br)CCC1. The Morgan fingerprint density at radius 2 is 1.94 bits per heavy atom. The van der Waals surface area contributed by atoms with Gasteiger partial charge in [-0.2, -0.15) is 5.26 Å². The predicted molar refractivity (Wildman–Crippen MR) is 71.2 cm³/mol. The normalized spacial score (nSPS) is 18.2. The van der Waals surface area contributed by atoms with Crippen LogP contribution in [-0.2, 0) is 9.84 Å². The number of hydrogen-bond donors (Lipinski definition) is 0.